The minimum absolute atomic E-state index is 0.0358. The molecule has 0 spiro atoms. The van der Waals surface area contributed by atoms with Gasteiger partial charge < -0.3 is 9.80 Å². The molecular weight excluding hydrogens is 324 g/mol. The first-order valence-electron chi connectivity index (χ1n) is 9.69. The molecule has 0 N–H and O–H groups in total. The molecule has 26 heavy (non-hydrogen) atoms. The van der Waals surface area contributed by atoms with E-state index in [2.05, 4.69) is 16.8 Å². The minimum atomic E-state index is 0.0358. The molecule has 0 atom stereocenters. The first-order valence-corrected chi connectivity index (χ1v) is 9.69. The van der Waals surface area contributed by atoms with Crippen LogP contribution in [0.25, 0.3) is 11.4 Å². The van der Waals surface area contributed by atoms with E-state index in [-0.39, 0.29) is 5.91 Å². The molecule has 0 saturated carbocycles. The third-order valence-electron chi connectivity index (χ3n) is 5.46. The second-order valence-electron chi connectivity index (χ2n) is 7.47. The maximum Gasteiger partial charge on any atom is 0.272 e. The number of amides is 1. The van der Waals surface area contributed by atoms with Gasteiger partial charge in [0.25, 0.3) is 5.91 Å². The summed E-state index contributed by atoms with van der Waals surface area (Å²) in [5.74, 6) is 2.32. The highest BCUT2D eigenvalue weighted by molar-refractivity contribution is 5.93. The van der Waals surface area contributed by atoms with E-state index in [0.29, 0.717) is 11.5 Å². The number of rotatable bonds is 3. The van der Waals surface area contributed by atoms with Crippen LogP contribution in [0, 0.1) is 5.92 Å². The molecule has 2 fully saturated rings. The van der Waals surface area contributed by atoms with E-state index >= 15 is 0 Å². The molecular formula is C21H26N4O. The molecule has 2 saturated heterocycles. The number of carbonyl (C=O) groups is 1. The molecule has 0 unspecified atom stereocenters. The average Bonchev–Trinajstić information content (AvgIpc) is 3.23. The lowest BCUT2D eigenvalue weighted by Gasteiger charge is -2.31. The number of benzene rings is 1. The maximum absolute atomic E-state index is 12.9. The van der Waals surface area contributed by atoms with Crippen LogP contribution in [0.5, 0.6) is 0 Å². The van der Waals surface area contributed by atoms with E-state index in [9.17, 15) is 4.79 Å². The van der Waals surface area contributed by atoms with E-state index in [4.69, 9.17) is 4.98 Å². The second-order valence-corrected chi connectivity index (χ2v) is 7.47. The SMILES string of the molecule is CC1CCN(c2cc(C(=O)N3CCCC3)nc(-c3ccccc3)n2)CC1. The van der Waals surface area contributed by atoms with Crippen LogP contribution >= 0.6 is 0 Å². The van der Waals surface area contributed by atoms with Crippen LogP contribution in [0.4, 0.5) is 5.82 Å². The van der Waals surface area contributed by atoms with Gasteiger partial charge in [-0.3, -0.25) is 4.79 Å². The fraction of sp³-hybridized carbons (Fsp3) is 0.476. The Hall–Kier alpha value is -2.43. The Bertz CT molecular complexity index is 763. The van der Waals surface area contributed by atoms with Crippen molar-refractivity contribution < 1.29 is 4.79 Å². The van der Waals surface area contributed by atoms with Crippen molar-refractivity contribution in [3.8, 4) is 11.4 Å². The molecule has 5 nitrogen and oxygen atoms in total. The quantitative estimate of drug-likeness (QED) is 0.848. The summed E-state index contributed by atoms with van der Waals surface area (Å²) in [5, 5.41) is 0. The van der Waals surface area contributed by atoms with Crippen molar-refractivity contribution in [3.05, 3.63) is 42.1 Å². The summed E-state index contributed by atoms with van der Waals surface area (Å²) in [6.07, 6.45) is 4.50. The normalized spacial score (nSPS) is 18.3. The van der Waals surface area contributed by atoms with E-state index in [1.807, 2.05) is 41.3 Å². The van der Waals surface area contributed by atoms with Crippen molar-refractivity contribution in [2.75, 3.05) is 31.1 Å². The zero-order chi connectivity index (χ0) is 17.9. The summed E-state index contributed by atoms with van der Waals surface area (Å²) in [6.45, 7) is 5.95. The van der Waals surface area contributed by atoms with Crippen LogP contribution in [0.3, 0.4) is 0 Å². The first kappa shape index (κ1) is 17.0. The van der Waals surface area contributed by atoms with Crippen molar-refractivity contribution in [1.82, 2.24) is 14.9 Å². The summed E-state index contributed by atoms with van der Waals surface area (Å²) >= 11 is 0. The molecule has 5 heteroatoms. The largest absolute Gasteiger partial charge is 0.356 e. The molecule has 0 radical (unpaired) electrons. The number of carbonyl (C=O) groups excluding carboxylic acids is 1. The van der Waals surface area contributed by atoms with Gasteiger partial charge >= 0.3 is 0 Å². The van der Waals surface area contributed by atoms with E-state index in [1.54, 1.807) is 0 Å². The Labute approximate surface area is 155 Å². The van der Waals surface area contributed by atoms with E-state index < -0.39 is 0 Å². The summed E-state index contributed by atoms with van der Waals surface area (Å²) < 4.78 is 0. The number of piperidine rings is 1. The predicted octanol–water partition coefficient (Wildman–Crippen LogP) is 3.62. The van der Waals surface area contributed by atoms with Gasteiger partial charge in [0.05, 0.1) is 0 Å². The Kier molecular flexibility index (Phi) is 4.87. The number of likely N-dealkylation sites (tertiary alicyclic amines) is 1. The number of anilines is 1. The van der Waals surface area contributed by atoms with Gasteiger partial charge in [-0.1, -0.05) is 37.3 Å². The lowest BCUT2D eigenvalue weighted by molar-refractivity contribution is 0.0787. The smallest absolute Gasteiger partial charge is 0.272 e. The second kappa shape index (κ2) is 7.44. The van der Waals surface area contributed by atoms with Crippen LogP contribution in [-0.4, -0.2) is 47.0 Å². The summed E-state index contributed by atoms with van der Waals surface area (Å²) in [5.41, 5.74) is 1.48. The topological polar surface area (TPSA) is 49.3 Å². The highest BCUT2D eigenvalue weighted by atomic mass is 16.2. The number of hydrogen-bond donors (Lipinski definition) is 0. The fourth-order valence-electron chi connectivity index (χ4n) is 3.74. The Morgan fingerprint density at radius 3 is 2.38 bits per heavy atom. The Balaban J connectivity index is 1.70. The maximum atomic E-state index is 12.9. The third kappa shape index (κ3) is 3.57. The molecule has 1 aromatic heterocycles. The molecule has 136 valence electrons. The minimum Gasteiger partial charge on any atom is -0.356 e. The molecule has 2 aromatic rings. The fourth-order valence-corrected chi connectivity index (χ4v) is 3.74. The predicted molar refractivity (Wildman–Crippen MR) is 103 cm³/mol. The van der Waals surface area contributed by atoms with Crippen LogP contribution < -0.4 is 4.90 Å². The molecule has 3 heterocycles. The molecule has 2 aliphatic rings. The molecule has 1 aromatic carbocycles. The zero-order valence-corrected chi connectivity index (χ0v) is 15.4. The number of hydrogen-bond acceptors (Lipinski definition) is 4. The van der Waals surface area contributed by atoms with Crippen molar-refractivity contribution in [1.29, 1.82) is 0 Å². The van der Waals surface area contributed by atoms with Crippen LogP contribution in [-0.2, 0) is 0 Å². The Morgan fingerprint density at radius 2 is 1.69 bits per heavy atom. The number of aromatic nitrogens is 2. The van der Waals surface area contributed by atoms with Crippen molar-refractivity contribution >= 4 is 11.7 Å². The zero-order valence-electron chi connectivity index (χ0n) is 15.4. The van der Waals surface area contributed by atoms with Gasteiger partial charge in [-0.15, -0.1) is 0 Å². The van der Waals surface area contributed by atoms with Gasteiger partial charge in [0.15, 0.2) is 5.82 Å². The van der Waals surface area contributed by atoms with Crippen molar-refractivity contribution in [3.63, 3.8) is 0 Å². The summed E-state index contributed by atoms with van der Waals surface area (Å²) in [4.78, 5) is 26.6. The average molecular weight is 350 g/mol. The van der Waals surface area contributed by atoms with Crippen molar-refractivity contribution in [2.24, 2.45) is 5.92 Å². The van der Waals surface area contributed by atoms with Gasteiger partial charge in [0.2, 0.25) is 0 Å². The molecule has 1 amide bonds. The molecule has 2 aliphatic heterocycles. The third-order valence-corrected chi connectivity index (χ3v) is 5.46. The van der Waals surface area contributed by atoms with Gasteiger partial charge in [-0.2, -0.15) is 0 Å². The summed E-state index contributed by atoms with van der Waals surface area (Å²) in [6, 6.07) is 11.8. The highest BCUT2D eigenvalue weighted by Crippen LogP contribution is 2.25. The molecule has 0 bridgehead atoms. The molecule has 0 aliphatic carbocycles. The summed E-state index contributed by atoms with van der Waals surface area (Å²) in [7, 11) is 0. The van der Waals surface area contributed by atoms with Gasteiger partial charge in [-0.05, 0) is 31.6 Å². The monoisotopic (exact) mass is 350 g/mol. The van der Waals surface area contributed by atoms with Gasteiger partial charge in [0.1, 0.15) is 11.5 Å². The lowest BCUT2D eigenvalue weighted by atomic mass is 9.99. The molecule has 4 rings (SSSR count). The number of nitrogens with zero attached hydrogens (tertiary/aromatic N) is 4. The van der Waals surface area contributed by atoms with Crippen molar-refractivity contribution in [2.45, 2.75) is 32.6 Å². The Morgan fingerprint density at radius 1 is 1.00 bits per heavy atom. The van der Waals surface area contributed by atoms with E-state index in [0.717, 1.165) is 56.3 Å². The first-order chi connectivity index (χ1) is 12.7. The lowest BCUT2D eigenvalue weighted by Crippen LogP contribution is -2.34. The highest BCUT2D eigenvalue weighted by Gasteiger charge is 2.24. The van der Waals surface area contributed by atoms with Gasteiger partial charge in [-0.25, -0.2) is 9.97 Å². The van der Waals surface area contributed by atoms with Crippen LogP contribution in [0.2, 0.25) is 0 Å². The standard InChI is InChI=1S/C21H26N4O/c1-16-9-13-24(14-10-16)19-15-18(21(26)25-11-5-6-12-25)22-20(23-19)17-7-3-2-4-8-17/h2-4,7-8,15-16H,5-6,9-14H2,1H3. The van der Waals surface area contributed by atoms with Crippen LogP contribution in [0.15, 0.2) is 36.4 Å². The van der Waals surface area contributed by atoms with Crippen LogP contribution in [0.1, 0.15) is 43.1 Å². The van der Waals surface area contributed by atoms with Gasteiger partial charge in [0, 0.05) is 37.8 Å². The van der Waals surface area contributed by atoms with E-state index in [1.165, 1.54) is 12.8 Å².